The Labute approximate surface area is 175 Å². The number of carboxylic acids is 3. The van der Waals surface area contributed by atoms with Crippen LogP contribution in [0.4, 0.5) is 0 Å². The van der Waals surface area contributed by atoms with E-state index in [2.05, 4.69) is 10.6 Å². The van der Waals surface area contributed by atoms with Crippen LogP contribution in [0.15, 0.2) is 0 Å². The molecule has 15 nitrogen and oxygen atoms in total. The van der Waals surface area contributed by atoms with E-state index in [9.17, 15) is 33.6 Å². The van der Waals surface area contributed by atoms with Crippen molar-refractivity contribution in [3.8, 4) is 0 Å². The van der Waals surface area contributed by atoms with Crippen LogP contribution in [0.5, 0.6) is 0 Å². The Kier molecular flexibility index (Phi) is 11.2. The van der Waals surface area contributed by atoms with E-state index in [1.54, 1.807) is 0 Å². The van der Waals surface area contributed by atoms with Gasteiger partial charge in [-0.1, -0.05) is 0 Å². The third-order valence-electron chi connectivity index (χ3n) is 3.79. The average molecular weight is 447 g/mol. The molecule has 0 heterocycles. The van der Waals surface area contributed by atoms with Gasteiger partial charge in [0.05, 0.1) is 18.9 Å². The highest BCUT2D eigenvalue weighted by Crippen LogP contribution is 2.00. The topological polar surface area (TPSA) is 268 Å². The van der Waals surface area contributed by atoms with Crippen molar-refractivity contribution in [1.29, 1.82) is 0 Å². The molecule has 0 rings (SSSR count). The number of amides is 4. The van der Waals surface area contributed by atoms with E-state index in [4.69, 9.17) is 26.8 Å². The number of carbonyl (C=O) groups is 7. The predicted octanol–water partition coefficient (Wildman–Crippen LogP) is -3.91. The molecule has 31 heavy (non-hydrogen) atoms. The number of primary amides is 1. The first-order chi connectivity index (χ1) is 14.2. The maximum absolute atomic E-state index is 12.4. The quantitative estimate of drug-likeness (QED) is 0.127. The minimum absolute atomic E-state index is 0.245. The van der Waals surface area contributed by atoms with Crippen LogP contribution in [0, 0.1) is 0 Å². The van der Waals surface area contributed by atoms with Crippen LogP contribution in [-0.4, -0.2) is 81.0 Å². The van der Waals surface area contributed by atoms with Gasteiger partial charge < -0.3 is 42.7 Å². The second-order valence-electron chi connectivity index (χ2n) is 6.50. The molecule has 0 aromatic carbocycles. The van der Waals surface area contributed by atoms with Crippen LogP contribution in [0.1, 0.15) is 32.6 Å². The minimum Gasteiger partial charge on any atom is -0.481 e. The molecule has 0 aliphatic carbocycles. The molecule has 0 aliphatic heterocycles. The lowest BCUT2D eigenvalue weighted by Gasteiger charge is -2.22. The Balaban J connectivity index is 5.09. The summed E-state index contributed by atoms with van der Waals surface area (Å²) in [5, 5.41) is 32.4. The maximum atomic E-state index is 12.4. The zero-order valence-electron chi connectivity index (χ0n) is 16.5. The highest BCUT2D eigenvalue weighted by atomic mass is 16.4. The van der Waals surface area contributed by atoms with Crippen molar-refractivity contribution in [1.82, 2.24) is 16.0 Å². The number of nitrogens with one attached hydrogen (secondary N) is 3. The van der Waals surface area contributed by atoms with Crippen molar-refractivity contribution in [3.05, 3.63) is 0 Å². The largest absolute Gasteiger partial charge is 0.481 e. The first-order valence-corrected chi connectivity index (χ1v) is 8.86. The summed E-state index contributed by atoms with van der Waals surface area (Å²) in [6.07, 6.45) is -2.24. The third-order valence-corrected chi connectivity index (χ3v) is 3.79. The van der Waals surface area contributed by atoms with Crippen molar-refractivity contribution in [2.24, 2.45) is 11.5 Å². The van der Waals surface area contributed by atoms with E-state index in [1.807, 2.05) is 5.32 Å². The molecule has 10 N–H and O–H groups in total. The Morgan fingerprint density at radius 1 is 0.774 bits per heavy atom. The standard InChI is InChI=1S/C16H25N5O10/c1-6(13(27)21-9(16(30)31)5-12(25)26)19-15(29)8(4-10(18)22)20-14(28)7(17)2-3-11(23)24/h6-9H,2-5,17H2,1H3,(H2,18,22)(H,19,29)(H,20,28)(H,21,27)(H,23,24)(H,25,26)(H,30,31). The van der Waals surface area contributed by atoms with Gasteiger partial charge in [-0.2, -0.15) is 0 Å². The Morgan fingerprint density at radius 2 is 1.32 bits per heavy atom. The summed E-state index contributed by atoms with van der Waals surface area (Å²) in [6, 6.07) is -5.98. The number of nitrogens with two attached hydrogens (primary N) is 2. The van der Waals surface area contributed by atoms with E-state index in [0.29, 0.717) is 0 Å². The normalized spacial score (nSPS) is 14.3. The van der Waals surface area contributed by atoms with Gasteiger partial charge in [0.2, 0.25) is 23.6 Å². The van der Waals surface area contributed by atoms with Crippen molar-refractivity contribution in [2.75, 3.05) is 0 Å². The lowest BCUT2D eigenvalue weighted by Crippen LogP contribution is -2.57. The highest BCUT2D eigenvalue weighted by Gasteiger charge is 2.30. The summed E-state index contributed by atoms with van der Waals surface area (Å²) in [6.45, 7) is 1.15. The molecule has 15 heteroatoms. The summed E-state index contributed by atoms with van der Waals surface area (Å²) >= 11 is 0. The zero-order valence-corrected chi connectivity index (χ0v) is 16.5. The fourth-order valence-corrected chi connectivity index (χ4v) is 2.15. The van der Waals surface area contributed by atoms with Gasteiger partial charge in [-0.25, -0.2) is 4.79 Å². The van der Waals surface area contributed by atoms with Crippen molar-refractivity contribution < 1.29 is 48.9 Å². The van der Waals surface area contributed by atoms with Gasteiger partial charge in [-0.15, -0.1) is 0 Å². The molecule has 4 unspecified atom stereocenters. The van der Waals surface area contributed by atoms with E-state index >= 15 is 0 Å². The minimum atomic E-state index is -1.75. The van der Waals surface area contributed by atoms with Gasteiger partial charge >= 0.3 is 17.9 Å². The van der Waals surface area contributed by atoms with E-state index in [0.717, 1.165) is 6.92 Å². The molecule has 0 spiro atoms. The molecule has 0 fully saturated rings. The van der Waals surface area contributed by atoms with Crippen molar-refractivity contribution in [3.63, 3.8) is 0 Å². The van der Waals surface area contributed by atoms with Crippen LogP contribution >= 0.6 is 0 Å². The molecule has 0 aromatic heterocycles. The number of carboxylic acid groups (broad SMARTS) is 3. The van der Waals surface area contributed by atoms with Crippen LogP contribution < -0.4 is 27.4 Å². The molecule has 4 atom stereocenters. The van der Waals surface area contributed by atoms with Crippen LogP contribution in [0.3, 0.4) is 0 Å². The molecule has 0 bridgehead atoms. The van der Waals surface area contributed by atoms with Gasteiger partial charge in [0, 0.05) is 6.42 Å². The van der Waals surface area contributed by atoms with Gasteiger partial charge in [0.1, 0.15) is 18.1 Å². The Hall–Kier alpha value is -3.75. The lowest BCUT2D eigenvalue weighted by atomic mass is 10.1. The highest BCUT2D eigenvalue weighted by molar-refractivity contribution is 5.96. The Bertz CT molecular complexity index is 740. The summed E-state index contributed by atoms with van der Waals surface area (Å²) in [5.74, 6) is -8.28. The fourth-order valence-electron chi connectivity index (χ4n) is 2.15. The SMILES string of the molecule is CC(NC(=O)C(CC(N)=O)NC(=O)C(N)CCC(=O)O)C(=O)NC(CC(=O)O)C(=O)O. The molecule has 0 aliphatic rings. The number of aliphatic carboxylic acids is 3. The first kappa shape index (κ1) is 27.2. The number of rotatable bonds is 14. The second kappa shape index (κ2) is 12.7. The van der Waals surface area contributed by atoms with Gasteiger partial charge in [0.15, 0.2) is 0 Å². The van der Waals surface area contributed by atoms with E-state index in [-0.39, 0.29) is 6.42 Å². The molecule has 0 saturated carbocycles. The number of carbonyl (C=O) groups excluding carboxylic acids is 4. The summed E-state index contributed by atoms with van der Waals surface area (Å²) in [4.78, 5) is 79.9. The molecular formula is C16H25N5O10. The Morgan fingerprint density at radius 3 is 1.77 bits per heavy atom. The summed E-state index contributed by atoms with van der Waals surface area (Å²) in [5.41, 5.74) is 10.6. The molecule has 0 radical (unpaired) electrons. The molecule has 174 valence electrons. The summed E-state index contributed by atoms with van der Waals surface area (Å²) < 4.78 is 0. The van der Waals surface area contributed by atoms with E-state index < -0.39 is 85.0 Å². The third kappa shape index (κ3) is 11.1. The maximum Gasteiger partial charge on any atom is 0.326 e. The predicted molar refractivity (Wildman–Crippen MR) is 100 cm³/mol. The molecule has 0 aromatic rings. The zero-order chi connectivity index (χ0) is 24.3. The lowest BCUT2D eigenvalue weighted by molar-refractivity contribution is -0.147. The average Bonchev–Trinajstić information content (AvgIpc) is 2.63. The smallest absolute Gasteiger partial charge is 0.326 e. The van der Waals surface area contributed by atoms with Gasteiger partial charge in [-0.3, -0.25) is 28.8 Å². The van der Waals surface area contributed by atoms with E-state index in [1.165, 1.54) is 0 Å². The summed E-state index contributed by atoms with van der Waals surface area (Å²) in [7, 11) is 0. The number of hydrogen-bond donors (Lipinski definition) is 8. The van der Waals surface area contributed by atoms with Crippen LogP contribution in [0.25, 0.3) is 0 Å². The first-order valence-electron chi connectivity index (χ1n) is 8.86. The van der Waals surface area contributed by atoms with Crippen LogP contribution in [0.2, 0.25) is 0 Å². The molecular weight excluding hydrogens is 422 g/mol. The number of hydrogen-bond acceptors (Lipinski definition) is 8. The second-order valence-corrected chi connectivity index (χ2v) is 6.50. The van der Waals surface area contributed by atoms with Gasteiger partial charge in [0.25, 0.3) is 0 Å². The monoisotopic (exact) mass is 447 g/mol. The molecule has 0 saturated heterocycles. The molecule has 4 amide bonds. The van der Waals surface area contributed by atoms with Crippen molar-refractivity contribution in [2.45, 2.75) is 56.8 Å². The van der Waals surface area contributed by atoms with Crippen molar-refractivity contribution >= 4 is 41.5 Å². The van der Waals surface area contributed by atoms with Gasteiger partial charge in [-0.05, 0) is 13.3 Å². The van der Waals surface area contributed by atoms with Crippen LogP contribution in [-0.2, 0) is 33.6 Å². The fraction of sp³-hybridized carbons (Fsp3) is 0.562.